The van der Waals surface area contributed by atoms with Gasteiger partial charge in [0, 0.05) is 0 Å². The standard InChI is InChI=1S/C14H30S.CH2O3.2K/c1-2-3-4-5-6-7-8-9-10-11-12-13-14-15;2-1(3)4;;/h15H,2-14H2,1H3;(H2,2,3,4);;/q;;2*+1/p-2. The summed E-state index contributed by atoms with van der Waals surface area (Å²) < 4.78 is 0. The molecule has 0 bridgehead atoms. The van der Waals surface area contributed by atoms with E-state index in [0.717, 1.165) is 5.75 Å². The molecule has 0 spiro atoms. The molecule has 0 radical (unpaired) electrons. The molecule has 0 unspecified atom stereocenters. The minimum absolute atomic E-state index is 0. The number of rotatable bonds is 12. The van der Waals surface area contributed by atoms with E-state index >= 15 is 0 Å². The molecule has 0 amide bonds. The molecule has 0 atom stereocenters. The van der Waals surface area contributed by atoms with Crippen LogP contribution in [0.2, 0.25) is 0 Å². The molecule has 116 valence electrons. The minimum Gasteiger partial charge on any atom is -0.652 e. The first-order valence-corrected chi connectivity index (χ1v) is 8.27. The Hall–Kier alpha value is 2.89. The quantitative estimate of drug-likeness (QED) is 0.230. The van der Waals surface area contributed by atoms with E-state index in [1.165, 1.54) is 77.0 Å². The maximum Gasteiger partial charge on any atom is 1.00 e. The van der Waals surface area contributed by atoms with Crippen molar-refractivity contribution >= 4 is 18.8 Å². The average Bonchev–Trinajstić information content (AvgIpc) is 2.35. The molecule has 6 heteroatoms. The number of unbranched alkanes of at least 4 members (excludes halogenated alkanes) is 11. The van der Waals surface area contributed by atoms with Crippen molar-refractivity contribution in [1.29, 1.82) is 0 Å². The van der Waals surface area contributed by atoms with Crippen molar-refractivity contribution in [2.24, 2.45) is 0 Å². The minimum atomic E-state index is -2.33. The summed E-state index contributed by atoms with van der Waals surface area (Å²) >= 11 is 4.22. The first-order valence-electron chi connectivity index (χ1n) is 7.64. The van der Waals surface area contributed by atoms with Gasteiger partial charge in [-0.25, -0.2) is 0 Å². The van der Waals surface area contributed by atoms with Crippen molar-refractivity contribution in [1.82, 2.24) is 0 Å². The van der Waals surface area contributed by atoms with Crippen LogP contribution in [-0.4, -0.2) is 11.9 Å². The van der Waals surface area contributed by atoms with Gasteiger partial charge in [0.1, 0.15) is 0 Å². The van der Waals surface area contributed by atoms with E-state index in [2.05, 4.69) is 19.6 Å². The van der Waals surface area contributed by atoms with Crippen LogP contribution >= 0.6 is 12.6 Å². The van der Waals surface area contributed by atoms with Gasteiger partial charge in [-0.05, 0) is 18.3 Å². The van der Waals surface area contributed by atoms with E-state index in [-0.39, 0.29) is 103 Å². The third-order valence-electron chi connectivity index (χ3n) is 3.01. The van der Waals surface area contributed by atoms with Gasteiger partial charge in [-0.2, -0.15) is 12.6 Å². The van der Waals surface area contributed by atoms with Gasteiger partial charge in [0.05, 0.1) is 0 Å². The summed E-state index contributed by atoms with van der Waals surface area (Å²) in [6.07, 6.45) is 14.8. The van der Waals surface area contributed by atoms with Gasteiger partial charge >= 0.3 is 103 Å². The average molecular weight is 369 g/mol. The zero-order chi connectivity index (χ0) is 14.8. The van der Waals surface area contributed by atoms with E-state index in [1.54, 1.807) is 0 Å². The molecule has 0 aliphatic heterocycles. The van der Waals surface area contributed by atoms with Crippen LogP contribution in [0.5, 0.6) is 0 Å². The molecule has 21 heavy (non-hydrogen) atoms. The summed E-state index contributed by atoms with van der Waals surface area (Å²) in [5.74, 6) is 1.07. The molecule has 0 aromatic carbocycles. The Morgan fingerprint density at radius 2 is 0.952 bits per heavy atom. The molecule has 0 aliphatic carbocycles. The Balaban J connectivity index is -0.000000213. The number of thiol groups is 1. The Labute approximate surface area is 222 Å². The predicted molar refractivity (Wildman–Crippen MR) is 80.3 cm³/mol. The summed E-state index contributed by atoms with van der Waals surface area (Å²) in [6, 6.07) is 0. The second-order valence-corrected chi connectivity index (χ2v) is 5.31. The van der Waals surface area contributed by atoms with E-state index in [9.17, 15) is 0 Å². The molecular formula is C15H30K2O3S. The van der Waals surface area contributed by atoms with Crippen molar-refractivity contribution in [2.75, 3.05) is 5.75 Å². The SMILES string of the molecule is CCCCCCCCCCCCCCS.O=C([O-])[O-].[K+].[K+]. The molecular weight excluding hydrogens is 338 g/mol. The van der Waals surface area contributed by atoms with Gasteiger partial charge in [-0.15, -0.1) is 0 Å². The topological polar surface area (TPSA) is 63.2 Å². The summed E-state index contributed by atoms with van der Waals surface area (Å²) in [6.45, 7) is 2.28. The van der Waals surface area contributed by atoms with Gasteiger partial charge in [-0.3, -0.25) is 0 Å². The number of carbonyl (C=O) groups excluding carboxylic acids is 1. The molecule has 0 fully saturated rings. The third-order valence-corrected chi connectivity index (χ3v) is 3.33. The Bertz CT molecular complexity index is 168. The van der Waals surface area contributed by atoms with Crippen LogP contribution in [0.4, 0.5) is 4.79 Å². The molecule has 3 nitrogen and oxygen atoms in total. The molecule has 0 N–H and O–H groups in total. The molecule has 0 heterocycles. The van der Waals surface area contributed by atoms with Gasteiger partial charge in [0.2, 0.25) is 0 Å². The monoisotopic (exact) mass is 368 g/mol. The predicted octanol–water partition coefficient (Wildman–Crippen LogP) is -2.82. The van der Waals surface area contributed by atoms with Gasteiger partial charge in [0.15, 0.2) is 0 Å². The molecule has 0 saturated heterocycles. The summed E-state index contributed by atoms with van der Waals surface area (Å²) in [4.78, 5) is 8.33. The Morgan fingerprint density at radius 1 is 0.714 bits per heavy atom. The first kappa shape index (κ1) is 31.6. The van der Waals surface area contributed by atoms with Crippen LogP contribution < -0.4 is 113 Å². The van der Waals surface area contributed by atoms with E-state index < -0.39 is 6.16 Å². The normalized spacial score (nSPS) is 8.86. The number of hydrogen-bond acceptors (Lipinski definition) is 4. The van der Waals surface area contributed by atoms with Crippen LogP contribution in [-0.2, 0) is 0 Å². The molecule has 0 rings (SSSR count). The fraction of sp³-hybridized carbons (Fsp3) is 0.933. The maximum absolute atomic E-state index is 8.33. The van der Waals surface area contributed by atoms with Crippen LogP contribution in [0.25, 0.3) is 0 Å². The van der Waals surface area contributed by atoms with Crippen molar-refractivity contribution in [3.05, 3.63) is 0 Å². The van der Waals surface area contributed by atoms with Crippen molar-refractivity contribution < 1.29 is 118 Å². The summed E-state index contributed by atoms with van der Waals surface area (Å²) in [5.41, 5.74) is 0. The zero-order valence-electron chi connectivity index (χ0n) is 14.4. The molecule has 0 aromatic rings. The van der Waals surface area contributed by atoms with Crippen LogP contribution in [0.1, 0.15) is 84.0 Å². The van der Waals surface area contributed by atoms with Crippen LogP contribution in [0.15, 0.2) is 0 Å². The smallest absolute Gasteiger partial charge is 0.652 e. The van der Waals surface area contributed by atoms with E-state index in [0.29, 0.717) is 0 Å². The van der Waals surface area contributed by atoms with Gasteiger partial charge in [0.25, 0.3) is 0 Å². The third kappa shape index (κ3) is 45.1. The number of carbonyl (C=O) groups is 1. The maximum atomic E-state index is 8.33. The second kappa shape index (κ2) is 30.7. The van der Waals surface area contributed by atoms with Gasteiger partial charge < -0.3 is 15.0 Å². The number of hydrogen-bond donors (Lipinski definition) is 1. The van der Waals surface area contributed by atoms with E-state index in [1.807, 2.05) is 0 Å². The van der Waals surface area contributed by atoms with Crippen molar-refractivity contribution in [2.45, 2.75) is 84.0 Å². The Kier molecular flexibility index (Phi) is 46.3. The van der Waals surface area contributed by atoms with E-state index in [4.69, 9.17) is 15.0 Å². The van der Waals surface area contributed by atoms with Crippen LogP contribution in [0, 0.1) is 0 Å². The first-order chi connectivity index (χ1) is 9.15. The Morgan fingerprint density at radius 3 is 1.19 bits per heavy atom. The fourth-order valence-corrected chi connectivity index (χ4v) is 2.18. The second-order valence-electron chi connectivity index (χ2n) is 4.86. The molecule has 0 aromatic heterocycles. The molecule has 0 aliphatic rings. The van der Waals surface area contributed by atoms with Gasteiger partial charge in [-0.1, -0.05) is 77.6 Å². The van der Waals surface area contributed by atoms with Crippen molar-refractivity contribution in [3.8, 4) is 0 Å². The summed E-state index contributed by atoms with van der Waals surface area (Å²) in [5, 5.41) is 16.7. The fourth-order valence-electron chi connectivity index (χ4n) is 1.95. The number of carboxylic acid groups (broad SMARTS) is 2. The summed E-state index contributed by atoms with van der Waals surface area (Å²) in [7, 11) is 0. The van der Waals surface area contributed by atoms with Crippen molar-refractivity contribution in [3.63, 3.8) is 0 Å². The largest absolute Gasteiger partial charge is 1.00 e. The molecule has 0 saturated carbocycles. The van der Waals surface area contributed by atoms with Crippen LogP contribution in [0.3, 0.4) is 0 Å². The zero-order valence-corrected chi connectivity index (χ0v) is 21.5.